The predicted octanol–water partition coefficient (Wildman–Crippen LogP) is 2.96. The zero-order chi connectivity index (χ0) is 24.0. The van der Waals surface area contributed by atoms with Crippen LogP contribution in [-0.4, -0.2) is 65.4 Å². The van der Waals surface area contributed by atoms with Crippen LogP contribution in [0.4, 0.5) is 14.6 Å². The monoisotopic (exact) mass is 500 g/mol. The van der Waals surface area contributed by atoms with Crippen molar-refractivity contribution in [2.75, 3.05) is 31.1 Å². The largest absolute Gasteiger partial charge is 0.474 e. The molecule has 0 bridgehead atoms. The van der Waals surface area contributed by atoms with Crippen LogP contribution in [-0.2, 0) is 4.79 Å². The van der Waals surface area contributed by atoms with Gasteiger partial charge in [0.1, 0.15) is 18.0 Å². The number of hydrogen-bond donors (Lipinski definition) is 2. The number of nitrogens with zero attached hydrogens (tertiary/aromatic N) is 3. The van der Waals surface area contributed by atoms with E-state index in [1.54, 1.807) is 13.8 Å². The Morgan fingerprint density at radius 2 is 2.06 bits per heavy atom. The van der Waals surface area contributed by atoms with Crippen molar-refractivity contribution in [2.24, 2.45) is 0 Å². The number of aliphatic hydroxyl groups excluding tert-OH is 1. The summed E-state index contributed by atoms with van der Waals surface area (Å²) in [5.74, 6) is -0.0157. The molecule has 0 radical (unpaired) electrons. The van der Waals surface area contributed by atoms with Gasteiger partial charge in [0.15, 0.2) is 5.82 Å². The Balaban J connectivity index is 1.56. The lowest BCUT2D eigenvalue weighted by atomic mass is 10.0. The van der Waals surface area contributed by atoms with Crippen LogP contribution in [0.1, 0.15) is 31.7 Å². The summed E-state index contributed by atoms with van der Waals surface area (Å²) in [5.41, 5.74) is 1.22. The van der Waals surface area contributed by atoms with Gasteiger partial charge in [-0.05, 0) is 36.8 Å². The van der Waals surface area contributed by atoms with Gasteiger partial charge in [-0.2, -0.15) is 0 Å². The van der Waals surface area contributed by atoms with Crippen molar-refractivity contribution in [3.8, 4) is 5.88 Å². The number of benzene rings is 1. The van der Waals surface area contributed by atoms with Crippen LogP contribution in [0.2, 0.25) is 5.02 Å². The van der Waals surface area contributed by atoms with E-state index in [4.69, 9.17) is 16.3 Å². The molecule has 1 aromatic heterocycles. The molecule has 0 saturated carbocycles. The Bertz CT molecular complexity index is 936. The lowest BCUT2D eigenvalue weighted by Gasteiger charge is -2.20. The number of halogens is 3. The molecule has 33 heavy (non-hydrogen) atoms. The summed E-state index contributed by atoms with van der Waals surface area (Å²) in [6.07, 6.45) is -0.794. The lowest BCUT2D eigenvalue weighted by Crippen LogP contribution is -2.32. The number of rotatable bonds is 10. The summed E-state index contributed by atoms with van der Waals surface area (Å²) >= 11 is 6.45. The highest BCUT2D eigenvalue weighted by Crippen LogP contribution is 2.36. The Morgan fingerprint density at radius 1 is 1.33 bits per heavy atom. The van der Waals surface area contributed by atoms with E-state index in [1.165, 1.54) is 11.6 Å². The summed E-state index contributed by atoms with van der Waals surface area (Å²) in [4.78, 5) is 22.5. The summed E-state index contributed by atoms with van der Waals surface area (Å²) in [6, 6.07) is 7.75. The van der Waals surface area contributed by atoms with Gasteiger partial charge in [-0.25, -0.2) is 18.7 Å². The fraction of sp³-hybridized carbons (Fsp3) is 0.500. The zero-order valence-corrected chi connectivity index (χ0v) is 20.2. The van der Waals surface area contributed by atoms with Gasteiger partial charge in [0, 0.05) is 13.1 Å². The molecule has 2 N–H and O–H groups in total. The van der Waals surface area contributed by atoms with Crippen LogP contribution < -0.4 is 20.3 Å². The number of aromatic nitrogens is 2. The van der Waals surface area contributed by atoms with Crippen LogP contribution in [0, 0.1) is 0 Å². The minimum atomic E-state index is -2.56. The first-order valence-electron chi connectivity index (χ1n) is 10.7. The second kappa shape index (κ2) is 11.9. The quantitative estimate of drug-likeness (QED) is 0.488. The van der Waals surface area contributed by atoms with E-state index >= 15 is 0 Å². The molecule has 2 heterocycles. The number of aliphatic hydroxyl groups is 1. The molecule has 1 aliphatic heterocycles. The first-order valence-corrected chi connectivity index (χ1v) is 12.2. The molecule has 7 nitrogen and oxygen atoms in total. The fourth-order valence-electron chi connectivity index (χ4n) is 3.52. The second-order valence-electron chi connectivity index (χ2n) is 8.03. The van der Waals surface area contributed by atoms with Crippen LogP contribution >= 0.6 is 20.2 Å². The Morgan fingerprint density at radius 3 is 2.73 bits per heavy atom. The lowest BCUT2D eigenvalue weighted by molar-refractivity contribution is -0.122. The molecule has 180 valence electrons. The molecule has 0 aliphatic carbocycles. The van der Waals surface area contributed by atoms with Crippen LogP contribution in [0.25, 0.3) is 0 Å². The highest BCUT2D eigenvalue weighted by atomic mass is 35.5. The standard InChI is InChI=1S/C22H28ClF2N4O3P/c1-13(30)11-32-22-19(23)20(27-12-28-22)29-8-7-17(10-29)33-16-5-3-15(4-6-16)14(2)21(31)26-9-18(24)25/h3-6,12-14,17-18,30,33H,7-11H2,1-2H3,(H,26,31). The molecular formula is C22H28ClF2N4O3P. The molecule has 4 unspecified atom stereocenters. The van der Waals surface area contributed by atoms with Crippen molar-refractivity contribution in [2.45, 2.75) is 44.4 Å². The number of anilines is 1. The number of carbonyl (C=O) groups is 1. The minimum Gasteiger partial charge on any atom is -0.474 e. The normalized spacial score (nSPS) is 18.2. The van der Waals surface area contributed by atoms with Gasteiger partial charge in [-0.15, -0.1) is 0 Å². The van der Waals surface area contributed by atoms with Crippen LogP contribution in [0.3, 0.4) is 0 Å². The smallest absolute Gasteiger partial charge is 0.255 e. The summed E-state index contributed by atoms with van der Waals surface area (Å²) < 4.78 is 30.1. The van der Waals surface area contributed by atoms with Gasteiger partial charge in [-0.1, -0.05) is 44.4 Å². The van der Waals surface area contributed by atoms with Gasteiger partial charge >= 0.3 is 0 Å². The number of carbonyl (C=O) groups excluding carboxylic acids is 1. The number of hydrogen-bond acceptors (Lipinski definition) is 6. The van der Waals surface area contributed by atoms with Gasteiger partial charge in [-0.3, -0.25) is 4.79 Å². The molecule has 1 aliphatic rings. The highest BCUT2D eigenvalue weighted by Gasteiger charge is 2.27. The van der Waals surface area contributed by atoms with Gasteiger partial charge in [0.05, 0.1) is 18.6 Å². The minimum absolute atomic E-state index is 0.0999. The van der Waals surface area contributed by atoms with Gasteiger partial charge in [0.25, 0.3) is 6.43 Å². The van der Waals surface area contributed by atoms with E-state index in [2.05, 4.69) is 20.2 Å². The number of alkyl halides is 2. The molecule has 1 fully saturated rings. The van der Waals surface area contributed by atoms with Crippen molar-refractivity contribution < 1.29 is 23.4 Å². The Labute approximate surface area is 198 Å². The zero-order valence-electron chi connectivity index (χ0n) is 18.5. The SMILES string of the molecule is CC(O)COc1ncnc(N2CCC(Pc3ccc(C(C)C(=O)NCC(F)F)cc3)C2)c1Cl. The van der Waals surface area contributed by atoms with E-state index in [1.807, 2.05) is 24.3 Å². The first kappa shape index (κ1) is 25.5. The third-order valence-electron chi connectivity index (χ3n) is 5.29. The number of ether oxygens (including phenoxy) is 1. The summed E-state index contributed by atoms with van der Waals surface area (Å²) in [7, 11) is 0.569. The predicted molar refractivity (Wildman–Crippen MR) is 127 cm³/mol. The molecular weight excluding hydrogens is 473 g/mol. The molecule has 3 rings (SSSR count). The van der Waals surface area contributed by atoms with E-state index in [-0.39, 0.29) is 12.5 Å². The maximum atomic E-state index is 12.3. The number of amides is 1. The average Bonchev–Trinajstić information content (AvgIpc) is 3.24. The molecule has 4 atom stereocenters. The van der Waals surface area contributed by atoms with Crippen molar-refractivity contribution in [1.82, 2.24) is 15.3 Å². The molecule has 11 heteroatoms. The van der Waals surface area contributed by atoms with Crippen LogP contribution in [0.5, 0.6) is 5.88 Å². The van der Waals surface area contributed by atoms with Crippen molar-refractivity contribution in [3.05, 3.63) is 41.2 Å². The Kier molecular flexibility index (Phi) is 9.18. The third-order valence-corrected chi connectivity index (χ3v) is 7.17. The van der Waals surface area contributed by atoms with Crippen molar-refractivity contribution in [1.29, 1.82) is 0 Å². The van der Waals surface area contributed by atoms with E-state index in [0.29, 0.717) is 25.1 Å². The molecule has 0 spiro atoms. The maximum Gasteiger partial charge on any atom is 0.255 e. The van der Waals surface area contributed by atoms with E-state index < -0.39 is 30.9 Å². The van der Waals surface area contributed by atoms with Crippen LogP contribution in [0.15, 0.2) is 30.6 Å². The van der Waals surface area contributed by atoms with Crippen molar-refractivity contribution in [3.63, 3.8) is 0 Å². The maximum absolute atomic E-state index is 12.3. The Hall–Kier alpha value is -2.09. The van der Waals surface area contributed by atoms with Gasteiger partial charge < -0.3 is 20.1 Å². The molecule has 1 saturated heterocycles. The summed E-state index contributed by atoms with van der Waals surface area (Å²) in [5, 5.41) is 13.2. The number of nitrogens with one attached hydrogen (secondary N) is 1. The molecule has 1 amide bonds. The molecule has 2 aromatic rings. The first-order chi connectivity index (χ1) is 15.7. The summed E-state index contributed by atoms with van der Waals surface area (Å²) in [6.45, 7) is 4.39. The van der Waals surface area contributed by atoms with E-state index in [9.17, 15) is 18.7 Å². The van der Waals surface area contributed by atoms with E-state index in [0.717, 1.165) is 25.1 Å². The third kappa shape index (κ3) is 7.19. The average molecular weight is 501 g/mol. The van der Waals surface area contributed by atoms with Crippen molar-refractivity contribution >= 4 is 37.2 Å². The highest BCUT2D eigenvalue weighted by molar-refractivity contribution is 7.48. The second-order valence-corrected chi connectivity index (χ2v) is 10.1. The topological polar surface area (TPSA) is 87.6 Å². The van der Waals surface area contributed by atoms with Gasteiger partial charge in [0.2, 0.25) is 11.8 Å². The molecule has 1 aromatic carbocycles. The fourth-order valence-corrected chi connectivity index (χ4v) is 5.21.